The fraction of sp³-hybridized carbons (Fsp3) is 0.0250. The van der Waals surface area contributed by atoms with E-state index >= 15 is 0 Å². The third-order valence-electron chi connectivity index (χ3n) is 8.46. The summed E-state index contributed by atoms with van der Waals surface area (Å²) >= 11 is 0. The van der Waals surface area contributed by atoms with Crippen LogP contribution < -0.4 is 10.6 Å². The molecule has 1 aromatic heterocycles. The molecule has 4 nitrogen and oxygen atoms in total. The first-order valence-electron chi connectivity index (χ1n) is 14.9. The lowest BCUT2D eigenvalue weighted by molar-refractivity contribution is 0.591. The number of aromatic nitrogens is 3. The molecule has 0 radical (unpaired) electrons. The topological polar surface area (TPSA) is 55.7 Å². The van der Waals surface area contributed by atoms with Gasteiger partial charge in [-0.25, -0.2) is 15.0 Å². The van der Waals surface area contributed by atoms with Crippen LogP contribution in [0.3, 0.4) is 0 Å². The molecule has 1 atom stereocenters. The van der Waals surface area contributed by atoms with Crippen LogP contribution in [-0.2, 0) is 4.57 Å². The lowest BCUT2D eigenvalue weighted by atomic mass is 9.95. The normalized spacial score (nSPS) is 15.0. The van der Waals surface area contributed by atoms with Gasteiger partial charge < -0.3 is 4.57 Å². The smallest absolute Gasteiger partial charge is 0.164 e. The van der Waals surface area contributed by atoms with Crippen LogP contribution >= 0.6 is 7.14 Å². The molecule has 0 saturated heterocycles. The predicted molar refractivity (Wildman–Crippen MR) is 185 cm³/mol. The summed E-state index contributed by atoms with van der Waals surface area (Å²) in [5.74, 6) is 1.91. The highest BCUT2D eigenvalue weighted by Crippen LogP contribution is 2.50. The van der Waals surface area contributed by atoms with E-state index in [1.165, 1.54) is 0 Å². The minimum absolute atomic E-state index is 0.627. The summed E-state index contributed by atoms with van der Waals surface area (Å²) in [5.41, 5.74) is 9.32. The maximum absolute atomic E-state index is 13.7. The zero-order valence-electron chi connectivity index (χ0n) is 24.6. The van der Waals surface area contributed by atoms with E-state index in [0.717, 1.165) is 60.7 Å². The van der Waals surface area contributed by atoms with Crippen molar-refractivity contribution in [1.82, 2.24) is 15.0 Å². The third kappa shape index (κ3) is 4.90. The van der Waals surface area contributed by atoms with Gasteiger partial charge in [-0.05, 0) is 64.3 Å². The van der Waals surface area contributed by atoms with Crippen molar-refractivity contribution in [3.05, 3.63) is 152 Å². The monoisotopic (exact) mass is 597 g/mol. The SMILES string of the molecule is CP1(=O)c2ccccc2-c2cc(-c3cccc(-c4cccc(-c5nc(-c6ccccc6)nc(-c6ccccc6)n5)c4)c3)ccc21. The van der Waals surface area contributed by atoms with Gasteiger partial charge in [0, 0.05) is 27.3 Å². The number of nitrogens with zero attached hydrogens (tertiary/aromatic N) is 3. The molecule has 5 heteroatoms. The van der Waals surface area contributed by atoms with E-state index in [-0.39, 0.29) is 0 Å². The van der Waals surface area contributed by atoms with Crippen LogP contribution in [0.25, 0.3) is 67.5 Å². The van der Waals surface area contributed by atoms with Crippen molar-refractivity contribution in [1.29, 1.82) is 0 Å². The Balaban J connectivity index is 1.19. The van der Waals surface area contributed by atoms with Gasteiger partial charge in [0.15, 0.2) is 17.5 Å². The highest BCUT2D eigenvalue weighted by atomic mass is 31.2. The Bertz CT molecular complexity index is 2210. The molecule has 45 heavy (non-hydrogen) atoms. The van der Waals surface area contributed by atoms with Crippen LogP contribution in [0.1, 0.15) is 0 Å². The zero-order chi connectivity index (χ0) is 30.4. The first-order chi connectivity index (χ1) is 22.0. The molecule has 6 aromatic carbocycles. The molecule has 0 saturated carbocycles. The van der Waals surface area contributed by atoms with Gasteiger partial charge in [0.05, 0.1) is 0 Å². The average molecular weight is 598 g/mol. The van der Waals surface area contributed by atoms with Crippen LogP contribution in [0, 0.1) is 0 Å². The minimum atomic E-state index is -2.59. The summed E-state index contributed by atoms with van der Waals surface area (Å²) in [4.78, 5) is 14.7. The molecule has 0 aliphatic carbocycles. The first-order valence-corrected chi connectivity index (χ1v) is 17.1. The van der Waals surface area contributed by atoms with E-state index in [1.807, 2.05) is 97.7 Å². The van der Waals surface area contributed by atoms with Crippen LogP contribution in [0.15, 0.2) is 152 Å². The molecule has 0 bridgehead atoms. The maximum Gasteiger partial charge on any atom is 0.164 e. The summed E-state index contributed by atoms with van der Waals surface area (Å²) < 4.78 is 13.7. The van der Waals surface area contributed by atoms with Crippen LogP contribution in [0.2, 0.25) is 0 Å². The van der Waals surface area contributed by atoms with Gasteiger partial charge in [0.1, 0.15) is 7.14 Å². The van der Waals surface area contributed by atoms with E-state index < -0.39 is 7.14 Å². The van der Waals surface area contributed by atoms with Crippen LogP contribution in [0.5, 0.6) is 0 Å². The Hall–Kier alpha value is -5.44. The molecular weight excluding hydrogens is 569 g/mol. The highest BCUT2D eigenvalue weighted by molar-refractivity contribution is 7.79. The first kappa shape index (κ1) is 27.1. The summed E-state index contributed by atoms with van der Waals surface area (Å²) in [5, 5.41) is 1.89. The van der Waals surface area contributed by atoms with Crippen molar-refractivity contribution >= 4 is 17.8 Å². The predicted octanol–water partition coefficient (Wildman–Crippen LogP) is 9.13. The molecule has 2 heterocycles. The number of hydrogen-bond acceptors (Lipinski definition) is 4. The lowest BCUT2D eigenvalue weighted by Crippen LogP contribution is -2.07. The molecule has 0 N–H and O–H groups in total. The average Bonchev–Trinajstić information content (AvgIpc) is 3.34. The molecule has 1 aliphatic rings. The molecule has 7 aromatic rings. The van der Waals surface area contributed by atoms with Gasteiger partial charge in [-0.2, -0.15) is 0 Å². The molecule has 0 fully saturated rings. The summed E-state index contributed by atoms with van der Waals surface area (Å²) in [6.07, 6.45) is 0. The van der Waals surface area contributed by atoms with Crippen molar-refractivity contribution in [2.45, 2.75) is 0 Å². The number of rotatable bonds is 5. The number of fused-ring (bicyclic) bond motifs is 3. The highest BCUT2D eigenvalue weighted by Gasteiger charge is 2.34. The summed E-state index contributed by atoms with van der Waals surface area (Å²) in [6.45, 7) is 1.88. The van der Waals surface area contributed by atoms with Gasteiger partial charge in [-0.1, -0.05) is 127 Å². The summed E-state index contributed by atoms with van der Waals surface area (Å²) in [6, 6.07) is 51.4. The van der Waals surface area contributed by atoms with Crippen molar-refractivity contribution in [3.8, 4) is 67.5 Å². The number of benzene rings is 6. The van der Waals surface area contributed by atoms with Crippen LogP contribution in [-0.4, -0.2) is 21.6 Å². The summed E-state index contributed by atoms with van der Waals surface area (Å²) in [7, 11) is -2.59. The Kier molecular flexibility index (Phi) is 6.59. The van der Waals surface area contributed by atoms with Crippen LogP contribution in [0.4, 0.5) is 0 Å². The van der Waals surface area contributed by atoms with Gasteiger partial charge in [-0.3, -0.25) is 0 Å². The van der Waals surface area contributed by atoms with Crippen molar-refractivity contribution < 1.29 is 4.57 Å². The molecule has 0 amide bonds. The second-order valence-electron chi connectivity index (χ2n) is 11.4. The molecule has 1 aliphatic heterocycles. The van der Waals surface area contributed by atoms with Gasteiger partial charge in [0.25, 0.3) is 0 Å². The molecular formula is C40H28N3OP. The number of hydrogen-bond donors (Lipinski definition) is 0. The van der Waals surface area contributed by atoms with Gasteiger partial charge in [0.2, 0.25) is 0 Å². The molecule has 8 rings (SSSR count). The van der Waals surface area contributed by atoms with E-state index in [2.05, 4.69) is 60.7 Å². The zero-order valence-corrected chi connectivity index (χ0v) is 25.5. The standard InChI is InChI=1S/C40H28N3OP/c1-45(44)36-21-9-8-20-34(36)35-26-32(22-23-37(35)45)30-17-10-16-29(24-30)31-18-11-19-33(25-31)40-42-38(27-12-4-2-5-13-27)41-39(43-40)28-14-6-3-7-15-28/h2-26H,1H3. The Morgan fingerprint density at radius 3 is 1.40 bits per heavy atom. The van der Waals surface area contributed by atoms with Crippen molar-refractivity contribution in [2.24, 2.45) is 0 Å². The van der Waals surface area contributed by atoms with Gasteiger partial charge >= 0.3 is 0 Å². The fourth-order valence-electron chi connectivity index (χ4n) is 6.16. The minimum Gasteiger partial charge on any atom is -0.314 e. The van der Waals surface area contributed by atoms with E-state index in [4.69, 9.17) is 15.0 Å². The van der Waals surface area contributed by atoms with Crippen molar-refractivity contribution in [3.63, 3.8) is 0 Å². The van der Waals surface area contributed by atoms with Crippen molar-refractivity contribution in [2.75, 3.05) is 6.66 Å². The third-order valence-corrected chi connectivity index (χ3v) is 11.1. The largest absolute Gasteiger partial charge is 0.314 e. The van der Waals surface area contributed by atoms with E-state index in [9.17, 15) is 4.57 Å². The fourth-order valence-corrected chi connectivity index (χ4v) is 8.45. The van der Waals surface area contributed by atoms with E-state index in [1.54, 1.807) is 0 Å². The van der Waals surface area contributed by atoms with Gasteiger partial charge in [-0.15, -0.1) is 0 Å². The Labute approximate surface area is 262 Å². The lowest BCUT2D eigenvalue weighted by Gasteiger charge is -2.11. The second-order valence-corrected chi connectivity index (χ2v) is 14.2. The van der Waals surface area contributed by atoms with E-state index in [0.29, 0.717) is 17.5 Å². The Morgan fingerprint density at radius 2 is 0.800 bits per heavy atom. The maximum atomic E-state index is 13.7. The molecule has 214 valence electrons. The molecule has 1 unspecified atom stereocenters. The Morgan fingerprint density at radius 1 is 0.378 bits per heavy atom. The second kappa shape index (κ2) is 10.9. The quantitative estimate of drug-likeness (QED) is 0.186. The molecule has 0 spiro atoms.